The van der Waals surface area contributed by atoms with Crippen molar-refractivity contribution in [3.05, 3.63) is 70.4 Å². The quantitative estimate of drug-likeness (QED) is 0.309. The predicted molar refractivity (Wildman–Crippen MR) is 131 cm³/mol. The highest BCUT2D eigenvalue weighted by Crippen LogP contribution is 2.45. The second-order valence-corrected chi connectivity index (χ2v) is 9.96. The van der Waals surface area contributed by atoms with Gasteiger partial charge >= 0.3 is 6.18 Å². The Labute approximate surface area is 216 Å². The fourth-order valence-corrected chi connectivity index (χ4v) is 4.92. The predicted octanol–water partition coefficient (Wildman–Crippen LogP) is 5.48. The van der Waals surface area contributed by atoms with Crippen molar-refractivity contribution in [1.82, 2.24) is 19.7 Å². The van der Waals surface area contributed by atoms with Crippen molar-refractivity contribution in [3.8, 4) is 11.3 Å². The Hall–Kier alpha value is -3.76. The molecule has 1 aliphatic heterocycles. The third-order valence-corrected chi connectivity index (χ3v) is 7.01. The standard InChI is InChI=1S/C27H27F4N5O2/c1-15-9-18(5-6-21(15)28)19(17-3-4-17)12-24(37)23-11-16(13-36-7-8-38-26(36)32)10-22(33-23)20-14-35(2)34-25(20)27(29,30)31/h5-6,9-11,14,17,19,32H,3-4,7-8,12-13H2,1-2H3/t19-/m0/s1. The zero-order valence-corrected chi connectivity index (χ0v) is 21.0. The first-order chi connectivity index (χ1) is 18.0. The highest BCUT2D eigenvalue weighted by molar-refractivity contribution is 5.95. The van der Waals surface area contributed by atoms with E-state index in [-0.39, 0.29) is 59.4 Å². The number of hydrogen-bond donors (Lipinski definition) is 1. The molecule has 0 radical (unpaired) electrons. The van der Waals surface area contributed by atoms with E-state index in [1.165, 1.54) is 25.4 Å². The number of aryl methyl sites for hydroxylation is 2. The fraction of sp³-hybridized carbons (Fsp3) is 0.407. The average Bonchev–Trinajstić information content (AvgIpc) is 3.50. The molecule has 2 aromatic heterocycles. The summed E-state index contributed by atoms with van der Waals surface area (Å²) in [6, 6.07) is 7.88. The van der Waals surface area contributed by atoms with E-state index in [1.807, 2.05) is 0 Å². The summed E-state index contributed by atoms with van der Waals surface area (Å²) in [6.45, 7) is 2.64. The first kappa shape index (κ1) is 25.9. The maximum Gasteiger partial charge on any atom is 0.435 e. The van der Waals surface area contributed by atoms with Gasteiger partial charge in [-0.1, -0.05) is 12.1 Å². The molecule has 11 heteroatoms. The summed E-state index contributed by atoms with van der Waals surface area (Å²) in [5, 5.41) is 11.5. The Morgan fingerprint density at radius 1 is 1.24 bits per heavy atom. The van der Waals surface area contributed by atoms with Crippen LogP contribution >= 0.6 is 0 Å². The van der Waals surface area contributed by atoms with Crippen molar-refractivity contribution in [2.75, 3.05) is 13.2 Å². The number of ether oxygens (including phenoxy) is 1. The number of halogens is 4. The van der Waals surface area contributed by atoms with Crippen molar-refractivity contribution in [2.24, 2.45) is 13.0 Å². The van der Waals surface area contributed by atoms with Crippen molar-refractivity contribution < 1.29 is 27.1 Å². The van der Waals surface area contributed by atoms with E-state index in [0.717, 1.165) is 23.1 Å². The van der Waals surface area contributed by atoms with Crippen molar-refractivity contribution in [1.29, 1.82) is 5.41 Å². The van der Waals surface area contributed by atoms with E-state index in [9.17, 15) is 22.4 Å². The summed E-state index contributed by atoms with van der Waals surface area (Å²) in [5.41, 5.74) is 0.616. The number of nitrogens with one attached hydrogen (secondary N) is 1. The molecule has 5 rings (SSSR count). The minimum Gasteiger partial charge on any atom is -0.463 e. The molecule has 0 amide bonds. The lowest BCUT2D eigenvalue weighted by atomic mass is 9.87. The summed E-state index contributed by atoms with van der Waals surface area (Å²) in [6.07, 6.45) is -1.46. The third kappa shape index (κ3) is 5.41. The van der Waals surface area contributed by atoms with Gasteiger partial charge in [0.1, 0.15) is 18.1 Å². The zero-order chi connectivity index (χ0) is 27.2. The molecule has 2 fully saturated rings. The molecule has 1 N–H and O–H groups in total. The Bertz CT molecular complexity index is 1400. The molecule has 38 heavy (non-hydrogen) atoms. The molecule has 200 valence electrons. The van der Waals surface area contributed by atoms with Crippen LogP contribution in [0.1, 0.15) is 58.1 Å². The van der Waals surface area contributed by atoms with Crippen LogP contribution in [0, 0.1) is 24.1 Å². The van der Waals surface area contributed by atoms with Gasteiger partial charge in [-0.2, -0.15) is 18.3 Å². The van der Waals surface area contributed by atoms with Crippen LogP contribution < -0.4 is 0 Å². The van der Waals surface area contributed by atoms with Gasteiger partial charge in [-0.3, -0.25) is 14.9 Å². The first-order valence-corrected chi connectivity index (χ1v) is 12.4. The van der Waals surface area contributed by atoms with Crippen LogP contribution in [0.15, 0.2) is 36.5 Å². The van der Waals surface area contributed by atoms with Crippen molar-refractivity contribution >= 4 is 11.8 Å². The molecule has 3 heterocycles. The lowest BCUT2D eigenvalue weighted by molar-refractivity contribution is -0.141. The normalized spacial score (nSPS) is 16.6. The van der Waals surface area contributed by atoms with E-state index >= 15 is 0 Å². The molecule has 0 bridgehead atoms. The third-order valence-electron chi connectivity index (χ3n) is 7.01. The van der Waals surface area contributed by atoms with E-state index < -0.39 is 11.9 Å². The molecule has 3 aromatic rings. The van der Waals surface area contributed by atoms with Crippen LogP contribution in [0.5, 0.6) is 0 Å². The monoisotopic (exact) mass is 529 g/mol. The molecular weight excluding hydrogens is 502 g/mol. The Morgan fingerprint density at radius 2 is 2.00 bits per heavy atom. The lowest BCUT2D eigenvalue weighted by Gasteiger charge is -2.18. The molecule has 1 aliphatic carbocycles. The number of nitrogens with zero attached hydrogens (tertiary/aromatic N) is 4. The maximum atomic E-state index is 13.9. The molecule has 1 atom stereocenters. The smallest absolute Gasteiger partial charge is 0.435 e. The van der Waals surface area contributed by atoms with E-state index in [2.05, 4.69) is 10.1 Å². The highest BCUT2D eigenvalue weighted by atomic mass is 19.4. The lowest BCUT2D eigenvalue weighted by Crippen LogP contribution is -2.24. The largest absolute Gasteiger partial charge is 0.463 e. The summed E-state index contributed by atoms with van der Waals surface area (Å²) in [5.74, 6) is -0.483. The van der Waals surface area contributed by atoms with Crippen molar-refractivity contribution in [3.63, 3.8) is 0 Å². The number of amidine groups is 1. The van der Waals surface area contributed by atoms with Gasteiger partial charge < -0.3 is 9.64 Å². The summed E-state index contributed by atoms with van der Waals surface area (Å²) in [7, 11) is 1.39. The SMILES string of the molecule is Cc1cc([C@@H](CC(=O)c2cc(CN3CCOC3=N)cc(-c3cn(C)nc3C(F)(F)F)n2)C2CC2)ccc1F. The molecule has 1 aromatic carbocycles. The topological polar surface area (TPSA) is 84.1 Å². The van der Waals surface area contributed by atoms with Crippen LogP contribution in [0.25, 0.3) is 11.3 Å². The highest BCUT2D eigenvalue weighted by Gasteiger charge is 2.38. The number of aromatic nitrogens is 3. The van der Waals surface area contributed by atoms with Gasteiger partial charge in [-0.15, -0.1) is 0 Å². The van der Waals surface area contributed by atoms with Crippen LogP contribution in [0.4, 0.5) is 17.6 Å². The number of ketones is 1. The number of Topliss-reactive ketones (excluding diaryl/α,β-unsaturated/α-hetero) is 1. The van der Waals surface area contributed by atoms with Crippen molar-refractivity contribution in [2.45, 2.75) is 44.8 Å². The number of pyridine rings is 1. The minimum absolute atomic E-state index is 0.0153. The van der Waals surface area contributed by atoms with Gasteiger partial charge in [-0.05, 0) is 66.5 Å². The fourth-order valence-electron chi connectivity index (χ4n) is 4.92. The summed E-state index contributed by atoms with van der Waals surface area (Å²) >= 11 is 0. The molecular formula is C27H27F4N5O2. The van der Waals surface area contributed by atoms with E-state index in [1.54, 1.807) is 30.0 Å². The Balaban J connectivity index is 1.52. The molecule has 1 saturated heterocycles. The number of alkyl halides is 3. The van der Waals surface area contributed by atoms with Crippen LogP contribution in [-0.4, -0.2) is 44.6 Å². The van der Waals surface area contributed by atoms with E-state index in [4.69, 9.17) is 10.1 Å². The van der Waals surface area contributed by atoms with Crippen LogP contribution in [0.2, 0.25) is 0 Å². The average molecular weight is 530 g/mol. The van der Waals surface area contributed by atoms with Crippen LogP contribution in [0.3, 0.4) is 0 Å². The molecule has 7 nitrogen and oxygen atoms in total. The van der Waals surface area contributed by atoms with Gasteiger partial charge in [0, 0.05) is 26.2 Å². The molecule has 1 saturated carbocycles. The van der Waals surface area contributed by atoms with Gasteiger partial charge in [0.05, 0.1) is 17.8 Å². The Kier molecular flexibility index (Phi) is 6.70. The molecule has 0 spiro atoms. The first-order valence-electron chi connectivity index (χ1n) is 12.4. The summed E-state index contributed by atoms with van der Waals surface area (Å²) < 4.78 is 61.4. The van der Waals surface area contributed by atoms with Gasteiger partial charge in [0.15, 0.2) is 11.5 Å². The summed E-state index contributed by atoms with van der Waals surface area (Å²) in [4.78, 5) is 19.6. The van der Waals surface area contributed by atoms with Gasteiger partial charge in [-0.25, -0.2) is 9.37 Å². The van der Waals surface area contributed by atoms with Crippen LogP contribution in [-0.2, 0) is 24.5 Å². The second-order valence-electron chi connectivity index (χ2n) is 9.96. The molecule has 0 unspecified atom stereocenters. The maximum absolute atomic E-state index is 13.9. The zero-order valence-electron chi connectivity index (χ0n) is 21.0. The molecule has 2 aliphatic rings. The van der Waals surface area contributed by atoms with Gasteiger partial charge in [0.25, 0.3) is 6.02 Å². The van der Waals surface area contributed by atoms with E-state index in [0.29, 0.717) is 24.3 Å². The second kappa shape index (κ2) is 9.85. The Morgan fingerprint density at radius 3 is 2.63 bits per heavy atom. The number of carbonyl (C=O) groups is 1. The van der Waals surface area contributed by atoms with Gasteiger partial charge in [0.2, 0.25) is 0 Å². The minimum atomic E-state index is -4.71. The number of hydrogen-bond acceptors (Lipinski definition) is 5. The number of carbonyl (C=O) groups excluding carboxylic acids is 1. The number of rotatable bonds is 8. The number of benzene rings is 1.